The van der Waals surface area contributed by atoms with Gasteiger partial charge in [0.2, 0.25) is 0 Å². The molecule has 0 atom stereocenters. The van der Waals surface area contributed by atoms with E-state index in [-0.39, 0.29) is 6.54 Å². The third-order valence-electron chi connectivity index (χ3n) is 2.13. The van der Waals surface area contributed by atoms with Crippen molar-refractivity contribution in [3.05, 3.63) is 29.8 Å². The number of hydrogen-bond donors (Lipinski definition) is 2. The average Bonchev–Trinajstić information content (AvgIpc) is 2.27. The van der Waals surface area contributed by atoms with Crippen molar-refractivity contribution in [2.24, 2.45) is 0 Å². The van der Waals surface area contributed by atoms with E-state index >= 15 is 0 Å². The standard InChI is InChI=1S/C11H13F3N2O2/c1-18-9-5-3-2-4-8(9)6-7-15-10(17)16-11(12,13)14/h2-5H,6-7H2,1H3,(H2,15,16,17). The maximum absolute atomic E-state index is 11.8. The zero-order chi connectivity index (χ0) is 13.6. The minimum Gasteiger partial charge on any atom is -0.496 e. The molecule has 1 aromatic rings. The van der Waals surface area contributed by atoms with E-state index in [1.807, 2.05) is 0 Å². The van der Waals surface area contributed by atoms with Gasteiger partial charge in [-0.3, -0.25) is 0 Å². The third-order valence-corrected chi connectivity index (χ3v) is 2.13. The molecular formula is C11H13F3N2O2. The minimum atomic E-state index is -4.71. The summed E-state index contributed by atoms with van der Waals surface area (Å²) in [6.07, 6.45) is -4.33. The van der Waals surface area contributed by atoms with Gasteiger partial charge in [-0.25, -0.2) is 10.1 Å². The molecule has 0 saturated carbocycles. The van der Waals surface area contributed by atoms with E-state index in [1.54, 1.807) is 24.3 Å². The van der Waals surface area contributed by atoms with E-state index in [9.17, 15) is 18.0 Å². The van der Waals surface area contributed by atoms with E-state index in [4.69, 9.17) is 4.74 Å². The molecule has 0 spiro atoms. The predicted molar refractivity (Wildman–Crippen MR) is 59.3 cm³/mol. The molecule has 18 heavy (non-hydrogen) atoms. The summed E-state index contributed by atoms with van der Waals surface area (Å²) < 4.78 is 40.4. The Balaban J connectivity index is 2.40. The highest BCUT2D eigenvalue weighted by Gasteiger charge is 2.29. The molecule has 2 amide bonds. The van der Waals surface area contributed by atoms with Crippen LogP contribution in [0.15, 0.2) is 24.3 Å². The molecule has 0 unspecified atom stereocenters. The van der Waals surface area contributed by atoms with Gasteiger partial charge >= 0.3 is 12.3 Å². The zero-order valence-corrected chi connectivity index (χ0v) is 9.67. The van der Waals surface area contributed by atoms with Crippen LogP contribution in [0, 0.1) is 0 Å². The Morgan fingerprint density at radius 2 is 2.00 bits per heavy atom. The summed E-state index contributed by atoms with van der Waals surface area (Å²) in [4.78, 5) is 10.8. The number of carbonyl (C=O) groups excluding carboxylic acids is 1. The lowest BCUT2D eigenvalue weighted by Crippen LogP contribution is -2.44. The van der Waals surface area contributed by atoms with Gasteiger partial charge in [0.1, 0.15) is 5.75 Å². The van der Waals surface area contributed by atoms with Crippen LogP contribution in [0.25, 0.3) is 0 Å². The fraction of sp³-hybridized carbons (Fsp3) is 0.364. The Labute approximate surface area is 102 Å². The highest BCUT2D eigenvalue weighted by molar-refractivity contribution is 5.74. The molecule has 0 aromatic heterocycles. The number of rotatable bonds is 4. The zero-order valence-electron chi connectivity index (χ0n) is 9.67. The molecular weight excluding hydrogens is 249 g/mol. The first-order valence-corrected chi connectivity index (χ1v) is 5.17. The number of amides is 2. The van der Waals surface area contributed by atoms with Crippen LogP contribution >= 0.6 is 0 Å². The van der Waals surface area contributed by atoms with Crippen molar-refractivity contribution in [2.75, 3.05) is 13.7 Å². The van der Waals surface area contributed by atoms with Crippen LogP contribution in [0.4, 0.5) is 18.0 Å². The molecule has 0 aliphatic heterocycles. The lowest BCUT2D eigenvalue weighted by molar-refractivity contribution is -0.145. The van der Waals surface area contributed by atoms with Crippen molar-refractivity contribution >= 4 is 6.03 Å². The lowest BCUT2D eigenvalue weighted by atomic mass is 10.1. The van der Waals surface area contributed by atoms with E-state index in [1.165, 1.54) is 7.11 Å². The lowest BCUT2D eigenvalue weighted by Gasteiger charge is -2.11. The molecule has 100 valence electrons. The second kappa shape index (κ2) is 6.13. The number of methoxy groups -OCH3 is 1. The number of halogens is 3. The summed E-state index contributed by atoms with van der Waals surface area (Å²) >= 11 is 0. The summed E-state index contributed by atoms with van der Waals surface area (Å²) in [6, 6.07) is 5.82. The third kappa shape index (κ3) is 4.94. The smallest absolute Gasteiger partial charge is 0.485 e. The summed E-state index contributed by atoms with van der Waals surface area (Å²) in [5.74, 6) is 0.635. The molecule has 0 radical (unpaired) electrons. The Hall–Kier alpha value is -1.92. The van der Waals surface area contributed by atoms with Crippen LogP contribution in [0.1, 0.15) is 5.56 Å². The summed E-state index contributed by atoms with van der Waals surface area (Å²) in [6.45, 7) is 0.0856. The van der Waals surface area contributed by atoms with Crippen LogP contribution in [0.5, 0.6) is 5.75 Å². The Kier molecular flexibility index (Phi) is 4.82. The molecule has 0 fully saturated rings. The Morgan fingerprint density at radius 3 is 2.61 bits per heavy atom. The van der Waals surface area contributed by atoms with Gasteiger partial charge in [-0.15, -0.1) is 0 Å². The molecule has 0 saturated heterocycles. The SMILES string of the molecule is COc1ccccc1CCNC(=O)NC(F)(F)F. The van der Waals surface area contributed by atoms with Gasteiger partial charge in [0.05, 0.1) is 7.11 Å². The van der Waals surface area contributed by atoms with Gasteiger partial charge in [-0.2, -0.15) is 13.2 Å². The van der Waals surface area contributed by atoms with E-state index in [0.717, 1.165) is 10.9 Å². The maximum Gasteiger partial charge on any atom is 0.485 e. The number of hydrogen-bond acceptors (Lipinski definition) is 2. The average molecular weight is 262 g/mol. The maximum atomic E-state index is 11.8. The monoisotopic (exact) mass is 262 g/mol. The number of benzene rings is 1. The number of ether oxygens (including phenoxy) is 1. The quantitative estimate of drug-likeness (QED) is 0.816. The Bertz CT molecular complexity index is 408. The summed E-state index contributed by atoms with van der Waals surface area (Å²) in [5, 5.41) is 2.97. The van der Waals surface area contributed by atoms with Crippen molar-refractivity contribution in [1.82, 2.24) is 10.6 Å². The van der Waals surface area contributed by atoms with Crippen LogP contribution < -0.4 is 15.4 Å². The predicted octanol–water partition coefficient (Wildman–Crippen LogP) is 2.06. The highest BCUT2D eigenvalue weighted by atomic mass is 19.4. The van der Waals surface area contributed by atoms with Gasteiger partial charge in [-0.05, 0) is 18.1 Å². The number of carbonyl (C=O) groups is 1. The number of para-hydroxylation sites is 1. The number of nitrogens with one attached hydrogen (secondary N) is 2. The largest absolute Gasteiger partial charge is 0.496 e. The van der Waals surface area contributed by atoms with E-state index < -0.39 is 12.3 Å². The van der Waals surface area contributed by atoms with Gasteiger partial charge in [0.25, 0.3) is 0 Å². The molecule has 0 aliphatic carbocycles. The first kappa shape index (κ1) is 14.1. The van der Waals surface area contributed by atoms with Crippen molar-refractivity contribution in [3.8, 4) is 5.75 Å². The van der Waals surface area contributed by atoms with Crippen LogP contribution in [0.3, 0.4) is 0 Å². The molecule has 0 heterocycles. The van der Waals surface area contributed by atoms with Crippen LogP contribution in [-0.2, 0) is 6.42 Å². The van der Waals surface area contributed by atoms with Crippen molar-refractivity contribution in [2.45, 2.75) is 12.7 Å². The Morgan fingerprint density at radius 1 is 1.33 bits per heavy atom. The molecule has 7 heteroatoms. The van der Waals surface area contributed by atoms with E-state index in [0.29, 0.717) is 12.2 Å². The highest BCUT2D eigenvalue weighted by Crippen LogP contribution is 2.17. The van der Waals surface area contributed by atoms with Gasteiger partial charge in [0.15, 0.2) is 0 Å². The molecule has 0 aliphatic rings. The minimum absolute atomic E-state index is 0.0856. The molecule has 1 rings (SSSR count). The number of alkyl halides is 3. The number of urea groups is 1. The van der Waals surface area contributed by atoms with Crippen LogP contribution in [0.2, 0.25) is 0 Å². The van der Waals surface area contributed by atoms with E-state index in [2.05, 4.69) is 5.32 Å². The van der Waals surface area contributed by atoms with Gasteiger partial charge in [0, 0.05) is 6.54 Å². The van der Waals surface area contributed by atoms with Crippen molar-refractivity contribution in [1.29, 1.82) is 0 Å². The second-order valence-corrected chi connectivity index (χ2v) is 3.44. The molecule has 2 N–H and O–H groups in total. The van der Waals surface area contributed by atoms with Crippen molar-refractivity contribution in [3.63, 3.8) is 0 Å². The first-order chi connectivity index (χ1) is 8.42. The van der Waals surface area contributed by atoms with Gasteiger partial charge in [-0.1, -0.05) is 18.2 Å². The van der Waals surface area contributed by atoms with Crippen molar-refractivity contribution < 1.29 is 22.7 Å². The second-order valence-electron chi connectivity index (χ2n) is 3.44. The molecule has 1 aromatic carbocycles. The molecule has 0 bridgehead atoms. The molecule has 4 nitrogen and oxygen atoms in total. The summed E-state index contributed by atoms with van der Waals surface area (Å²) in [5.41, 5.74) is 0.812. The summed E-state index contributed by atoms with van der Waals surface area (Å²) in [7, 11) is 1.50. The fourth-order valence-corrected chi connectivity index (χ4v) is 1.39. The fourth-order valence-electron chi connectivity index (χ4n) is 1.39. The first-order valence-electron chi connectivity index (χ1n) is 5.17. The van der Waals surface area contributed by atoms with Gasteiger partial charge < -0.3 is 10.1 Å². The van der Waals surface area contributed by atoms with Crippen LogP contribution in [-0.4, -0.2) is 26.0 Å². The normalized spacial score (nSPS) is 10.9. The topological polar surface area (TPSA) is 50.4 Å².